The summed E-state index contributed by atoms with van der Waals surface area (Å²) in [5, 5.41) is 2.84. The molecule has 0 bridgehead atoms. The molecule has 2 rings (SSSR count). The van der Waals surface area contributed by atoms with Crippen LogP contribution in [0, 0.1) is 13.8 Å². The normalized spacial score (nSPS) is 10.6. The molecule has 3 nitrogen and oxygen atoms in total. The second-order valence-electron chi connectivity index (χ2n) is 4.40. The molecule has 1 aromatic heterocycles. The van der Waals surface area contributed by atoms with Crippen LogP contribution in [0.25, 0.3) is 6.08 Å². The van der Waals surface area contributed by atoms with Crippen molar-refractivity contribution in [3.63, 3.8) is 0 Å². The van der Waals surface area contributed by atoms with Crippen molar-refractivity contribution >= 4 is 17.7 Å². The van der Waals surface area contributed by atoms with E-state index in [0.29, 0.717) is 0 Å². The van der Waals surface area contributed by atoms with Crippen LogP contribution < -0.4 is 5.32 Å². The molecule has 1 aromatic carbocycles. The molecule has 2 aromatic rings. The number of aromatic nitrogens is 1. The van der Waals surface area contributed by atoms with Crippen molar-refractivity contribution < 1.29 is 4.79 Å². The van der Waals surface area contributed by atoms with Crippen LogP contribution in [0.4, 0.5) is 5.69 Å². The average Bonchev–Trinajstić information content (AvgIpc) is 2.42. The minimum Gasteiger partial charge on any atom is -0.323 e. The molecule has 1 amide bonds. The summed E-state index contributed by atoms with van der Waals surface area (Å²) >= 11 is 0. The molecule has 0 unspecified atom stereocenters. The zero-order chi connectivity index (χ0) is 13.7. The number of carbonyl (C=O) groups is 1. The second kappa shape index (κ2) is 5.96. The van der Waals surface area contributed by atoms with Crippen LogP contribution in [-0.4, -0.2) is 10.9 Å². The van der Waals surface area contributed by atoms with Crippen molar-refractivity contribution in [1.29, 1.82) is 0 Å². The summed E-state index contributed by atoms with van der Waals surface area (Å²) in [6.45, 7) is 4.07. The van der Waals surface area contributed by atoms with Crippen molar-refractivity contribution in [2.75, 3.05) is 5.32 Å². The summed E-state index contributed by atoms with van der Waals surface area (Å²) in [4.78, 5) is 15.7. The van der Waals surface area contributed by atoms with Crippen LogP contribution in [0.3, 0.4) is 0 Å². The van der Waals surface area contributed by atoms with Crippen LogP contribution in [0.5, 0.6) is 0 Å². The maximum atomic E-state index is 11.8. The minimum absolute atomic E-state index is 0.139. The molecular formula is C16H16N2O. The number of nitrogens with one attached hydrogen (secondary N) is 1. The third kappa shape index (κ3) is 3.78. The predicted octanol–water partition coefficient (Wildman–Crippen LogP) is 3.35. The van der Waals surface area contributed by atoms with Gasteiger partial charge in [0.15, 0.2) is 0 Å². The van der Waals surface area contributed by atoms with Crippen molar-refractivity contribution in [3.8, 4) is 0 Å². The monoisotopic (exact) mass is 252 g/mol. The van der Waals surface area contributed by atoms with E-state index in [0.717, 1.165) is 16.8 Å². The molecule has 0 saturated carbocycles. The summed E-state index contributed by atoms with van der Waals surface area (Å²) < 4.78 is 0. The van der Waals surface area contributed by atoms with E-state index < -0.39 is 0 Å². The van der Waals surface area contributed by atoms with Gasteiger partial charge in [0.1, 0.15) is 0 Å². The third-order valence-electron chi connectivity index (χ3n) is 2.91. The van der Waals surface area contributed by atoms with Gasteiger partial charge in [-0.1, -0.05) is 6.07 Å². The highest BCUT2D eigenvalue weighted by Gasteiger charge is 1.99. The second-order valence-corrected chi connectivity index (χ2v) is 4.40. The van der Waals surface area contributed by atoms with Crippen molar-refractivity contribution in [1.82, 2.24) is 4.98 Å². The molecule has 0 aliphatic rings. The van der Waals surface area contributed by atoms with Gasteiger partial charge in [-0.15, -0.1) is 0 Å². The van der Waals surface area contributed by atoms with E-state index >= 15 is 0 Å². The molecular weight excluding hydrogens is 236 g/mol. The maximum Gasteiger partial charge on any atom is 0.248 e. The SMILES string of the molecule is Cc1ccc(NC(=O)/C=C/c2ccncc2)cc1C. The van der Waals surface area contributed by atoms with Gasteiger partial charge in [0.2, 0.25) is 5.91 Å². The Hall–Kier alpha value is -2.42. The van der Waals surface area contributed by atoms with Gasteiger partial charge >= 0.3 is 0 Å². The van der Waals surface area contributed by atoms with Crippen molar-refractivity contribution in [2.45, 2.75) is 13.8 Å². The van der Waals surface area contributed by atoms with Gasteiger partial charge in [0.25, 0.3) is 0 Å². The van der Waals surface area contributed by atoms with Crippen LogP contribution in [-0.2, 0) is 4.79 Å². The lowest BCUT2D eigenvalue weighted by Gasteiger charge is -2.05. The Morgan fingerprint density at radius 3 is 2.53 bits per heavy atom. The molecule has 0 atom stereocenters. The largest absolute Gasteiger partial charge is 0.323 e. The molecule has 0 saturated heterocycles. The van der Waals surface area contributed by atoms with E-state index in [1.165, 1.54) is 11.6 Å². The first-order valence-corrected chi connectivity index (χ1v) is 6.11. The predicted molar refractivity (Wildman–Crippen MR) is 77.8 cm³/mol. The molecule has 1 heterocycles. The molecule has 19 heavy (non-hydrogen) atoms. The van der Waals surface area contributed by atoms with Crippen LogP contribution in [0.15, 0.2) is 48.8 Å². The maximum absolute atomic E-state index is 11.8. The fraction of sp³-hybridized carbons (Fsp3) is 0.125. The highest BCUT2D eigenvalue weighted by atomic mass is 16.1. The number of hydrogen-bond donors (Lipinski definition) is 1. The van der Waals surface area contributed by atoms with Gasteiger partial charge in [0.05, 0.1) is 0 Å². The Morgan fingerprint density at radius 2 is 1.84 bits per heavy atom. The van der Waals surface area contributed by atoms with Gasteiger partial charge in [-0.25, -0.2) is 0 Å². The highest BCUT2D eigenvalue weighted by Crippen LogP contribution is 2.14. The number of pyridine rings is 1. The fourth-order valence-corrected chi connectivity index (χ4v) is 1.65. The number of rotatable bonds is 3. The molecule has 0 aliphatic carbocycles. The Kier molecular flexibility index (Phi) is 4.08. The average molecular weight is 252 g/mol. The Labute approximate surface area is 113 Å². The number of anilines is 1. The van der Waals surface area contributed by atoms with Gasteiger partial charge in [-0.05, 0) is 60.9 Å². The Balaban J connectivity index is 2.01. The fourth-order valence-electron chi connectivity index (χ4n) is 1.65. The number of aryl methyl sites for hydroxylation is 2. The smallest absolute Gasteiger partial charge is 0.248 e. The summed E-state index contributed by atoms with van der Waals surface area (Å²) in [5.41, 5.74) is 4.14. The van der Waals surface area contributed by atoms with Gasteiger partial charge < -0.3 is 5.32 Å². The summed E-state index contributed by atoms with van der Waals surface area (Å²) in [5.74, 6) is -0.139. The van der Waals surface area contributed by atoms with E-state index in [1.54, 1.807) is 18.5 Å². The molecule has 0 spiro atoms. The molecule has 0 radical (unpaired) electrons. The van der Waals surface area contributed by atoms with Crippen molar-refractivity contribution in [3.05, 3.63) is 65.5 Å². The quantitative estimate of drug-likeness (QED) is 0.851. The summed E-state index contributed by atoms with van der Waals surface area (Å²) in [6, 6.07) is 9.56. The molecule has 3 heteroatoms. The van der Waals surface area contributed by atoms with E-state index in [-0.39, 0.29) is 5.91 Å². The van der Waals surface area contributed by atoms with E-state index in [2.05, 4.69) is 10.3 Å². The van der Waals surface area contributed by atoms with Crippen LogP contribution >= 0.6 is 0 Å². The first-order chi connectivity index (χ1) is 9.15. The Bertz CT molecular complexity index is 603. The number of carbonyl (C=O) groups excluding carboxylic acids is 1. The zero-order valence-corrected chi connectivity index (χ0v) is 11.1. The van der Waals surface area contributed by atoms with Gasteiger partial charge in [0, 0.05) is 24.2 Å². The van der Waals surface area contributed by atoms with Gasteiger partial charge in [-0.3, -0.25) is 9.78 Å². The molecule has 1 N–H and O–H groups in total. The van der Waals surface area contributed by atoms with E-state index in [1.807, 2.05) is 44.2 Å². The third-order valence-corrected chi connectivity index (χ3v) is 2.91. The lowest BCUT2D eigenvalue weighted by Crippen LogP contribution is -2.07. The standard InChI is InChI=1S/C16H16N2O/c1-12-3-5-15(11-13(12)2)18-16(19)6-4-14-7-9-17-10-8-14/h3-11H,1-2H3,(H,18,19)/b6-4+. The first-order valence-electron chi connectivity index (χ1n) is 6.11. The number of benzene rings is 1. The zero-order valence-electron chi connectivity index (χ0n) is 11.1. The molecule has 0 fully saturated rings. The lowest BCUT2D eigenvalue weighted by atomic mass is 10.1. The highest BCUT2D eigenvalue weighted by molar-refractivity contribution is 6.01. The molecule has 0 aliphatic heterocycles. The van der Waals surface area contributed by atoms with Crippen molar-refractivity contribution in [2.24, 2.45) is 0 Å². The number of amides is 1. The minimum atomic E-state index is -0.139. The Morgan fingerprint density at radius 1 is 1.11 bits per heavy atom. The number of hydrogen-bond acceptors (Lipinski definition) is 2. The first kappa shape index (κ1) is 13.0. The number of nitrogens with zero attached hydrogens (tertiary/aromatic N) is 1. The van der Waals surface area contributed by atoms with Crippen LogP contribution in [0.2, 0.25) is 0 Å². The topological polar surface area (TPSA) is 42.0 Å². The molecule has 96 valence electrons. The lowest BCUT2D eigenvalue weighted by molar-refractivity contribution is -0.111. The summed E-state index contributed by atoms with van der Waals surface area (Å²) in [6.07, 6.45) is 6.67. The summed E-state index contributed by atoms with van der Waals surface area (Å²) in [7, 11) is 0. The van der Waals surface area contributed by atoms with Gasteiger partial charge in [-0.2, -0.15) is 0 Å². The van der Waals surface area contributed by atoms with E-state index in [9.17, 15) is 4.79 Å². The van der Waals surface area contributed by atoms with Crippen LogP contribution in [0.1, 0.15) is 16.7 Å². The van der Waals surface area contributed by atoms with E-state index in [4.69, 9.17) is 0 Å².